The minimum absolute atomic E-state index is 0.300. The first-order valence-corrected chi connectivity index (χ1v) is 9.82. The molecular weight excluding hydrogens is 393 g/mol. The summed E-state index contributed by atoms with van der Waals surface area (Å²) in [6, 6.07) is 5.11. The van der Waals surface area contributed by atoms with Gasteiger partial charge < -0.3 is 10.1 Å². The van der Waals surface area contributed by atoms with Crippen molar-refractivity contribution in [2.45, 2.75) is 26.2 Å². The summed E-state index contributed by atoms with van der Waals surface area (Å²) in [6.07, 6.45) is 5.84. The molecule has 1 heterocycles. The largest absolute Gasteiger partial charge is 0.462 e. The molecule has 1 amide bonds. The van der Waals surface area contributed by atoms with Crippen LogP contribution in [-0.4, -0.2) is 18.5 Å². The molecule has 1 N–H and O–H groups in total. The number of esters is 1. The number of carbonyl (C=O) groups excluding carboxylic acids is 2. The van der Waals surface area contributed by atoms with E-state index >= 15 is 0 Å². The summed E-state index contributed by atoms with van der Waals surface area (Å²) < 4.78 is 5.16. The van der Waals surface area contributed by atoms with Gasteiger partial charge in [-0.2, -0.15) is 0 Å². The van der Waals surface area contributed by atoms with Crippen LogP contribution in [-0.2, 0) is 22.4 Å². The fourth-order valence-corrected chi connectivity index (χ4v) is 4.44. The van der Waals surface area contributed by atoms with Crippen LogP contribution in [0.25, 0.3) is 6.08 Å². The number of halogens is 2. The summed E-state index contributed by atoms with van der Waals surface area (Å²) in [6.45, 7) is 2.07. The Morgan fingerprint density at radius 2 is 2.08 bits per heavy atom. The highest BCUT2D eigenvalue weighted by molar-refractivity contribution is 7.17. The van der Waals surface area contributed by atoms with Gasteiger partial charge in [-0.1, -0.05) is 29.3 Å². The quantitative estimate of drug-likeness (QED) is 0.533. The van der Waals surface area contributed by atoms with Gasteiger partial charge in [0.25, 0.3) is 0 Å². The van der Waals surface area contributed by atoms with Crippen molar-refractivity contribution >= 4 is 57.5 Å². The Balaban J connectivity index is 1.78. The fraction of sp³-hybridized carbons (Fsp3) is 0.263. The average molecular weight is 410 g/mol. The summed E-state index contributed by atoms with van der Waals surface area (Å²) in [4.78, 5) is 25.7. The van der Waals surface area contributed by atoms with Gasteiger partial charge in [-0.25, -0.2) is 4.79 Å². The molecule has 0 unspecified atom stereocenters. The van der Waals surface area contributed by atoms with Gasteiger partial charge in [0.1, 0.15) is 5.00 Å². The second-order valence-electron chi connectivity index (χ2n) is 5.78. The predicted molar refractivity (Wildman–Crippen MR) is 106 cm³/mol. The number of thiophene rings is 1. The van der Waals surface area contributed by atoms with E-state index in [9.17, 15) is 9.59 Å². The SMILES string of the molecule is CCOC(=O)c1c(NC(=O)C=Cc2ccc(Cl)c(Cl)c2)sc2c1CCC2. The Bertz CT molecular complexity index is 889. The van der Waals surface area contributed by atoms with E-state index in [4.69, 9.17) is 27.9 Å². The van der Waals surface area contributed by atoms with Crippen molar-refractivity contribution in [1.82, 2.24) is 0 Å². The molecule has 7 heteroatoms. The molecule has 3 rings (SSSR count). The summed E-state index contributed by atoms with van der Waals surface area (Å²) in [5, 5.41) is 4.24. The third kappa shape index (κ3) is 4.11. The van der Waals surface area contributed by atoms with Crippen molar-refractivity contribution in [2.75, 3.05) is 11.9 Å². The number of hydrogen-bond donors (Lipinski definition) is 1. The normalized spacial score (nSPS) is 13.0. The Labute approximate surface area is 165 Å². The van der Waals surface area contributed by atoms with E-state index in [1.807, 2.05) is 0 Å². The van der Waals surface area contributed by atoms with E-state index in [1.54, 1.807) is 31.2 Å². The maximum atomic E-state index is 12.3. The fourth-order valence-electron chi connectivity index (χ4n) is 2.85. The standard InChI is InChI=1S/C19H17Cl2NO3S/c1-2-25-19(24)17-12-4-3-5-15(12)26-18(17)22-16(23)9-7-11-6-8-13(20)14(21)10-11/h6-10H,2-5H2,1H3,(H,22,23). The second-order valence-corrected chi connectivity index (χ2v) is 7.70. The lowest BCUT2D eigenvalue weighted by atomic mass is 10.1. The van der Waals surface area contributed by atoms with Gasteiger partial charge in [0.05, 0.1) is 22.2 Å². The van der Waals surface area contributed by atoms with Crippen LogP contribution in [0, 0.1) is 0 Å². The topological polar surface area (TPSA) is 55.4 Å². The monoisotopic (exact) mass is 409 g/mol. The number of fused-ring (bicyclic) bond motifs is 1. The lowest BCUT2D eigenvalue weighted by Crippen LogP contribution is -2.13. The summed E-state index contributed by atoms with van der Waals surface area (Å²) in [5.74, 6) is -0.697. The lowest BCUT2D eigenvalue weighted by molar-refractivity contribution is -0.111. The molecule has 0 saturated carbocycles. The highest BCUT2D eigenvalue weighted by Gasteiger charge is 2.27. The molecular formula is C19H17Cl2NO3S. The van der Waals surface area contributed by atoms with Gasteiger partial charge in [-0.3, -0.25) is 4.79 Å². The number of aryl methyl sites for hydroxylation is 1. The van der Waals surface area contributed by atoms with Crippen molar-refractivity contribution < 1.29 is 14.3 Å². The summed E-state index contributed by atoms with van der Waals surface area (Å²) >= 11 is 13.3. The highest BCUT2D eigenvalue weighted by Crippen LogP contribution is 2.39. The Morgan fingerprint density at radius 3 is 2.81 bits per heavy atom. The molecule has 1 aromatic heterocycles. The molecule has 0 radical (unpaired) electrons. The summed E-state index contributed by atoms with van der Waals surface area (Å²) in [7, 11) is 0. The molecule has 0 saturated heterocycles. The van der Waals surface area contributed by atoms with E-state index < -0.39 is 0 Å². The molecule has 0 atom stereocenters. The third-order valence-electron chi connectivity index (χ3n) is 4.01. The van der Waals surface area contributed by atoms with Crippen LogP contribution < -0.4 is 5.32 Å². The average Bonchev–Trinajstić information content (AvgIpc) is 3.16. The molecule has 1 aliphatic rings. The Morgan fingerprint density at radius 1 is 1.27 bits per heavy atom. The van der Waals surface area contributed by atoms with Crippen LogP contribution in [0.1, 0.15) is 39.7 Å². The first kappa shape index (κ1) is 19.0. The highest BCUT2D eigenvalue weighted by atomic mass is 35.5. The zero-order valence-corrected chi connectivity index (χ0v) is 16.4. The van der Waals surface area contributed by atoms with Gasteiger partial charge in [0, 0.05) is 11.0 Å². The molecule has 26 heavy (non-hydrogen) atoms. The van der Waals surface area contributed by atoms with E-state index in [2.05, 4.69) is 5.32 Å². The van der Waals surface area contributed by atoms with Crippen LogP contribution in [0.3, 0.4) is 0 Å². The van der Waals surface area contributed by atoms with Crippen LogP contribution in [0.4, 0.5) is 5.00 Å². The predicted octanol–water partition coefficient (Wildman–Crippen LogP) is 5.37. The number of nitrogens with one attached hydrogen (secondary N) is 1. The number of benzene rings is 1. The van der Waals surface area contributed by atoms with Crippen molar-refractivity contribution in [3.63, 3.8) is 0 Å². The van der Waals surface area contributed by atoms with Crippen molar-refractivity contribution in [1.29, 1.82) is 0 Å². The van der Waals surface area contributed by atoms with Gasteiger partial charge in [0.15, 0.2) is 0 Å². The van der Waals surface area contributed by atoms with Gasteiger partial charge in [0.2, 0.25) is 5.91 Å². The zero-order valence-electron chi connectivity index (χ0n) is 14.1. The molecule has 0 aliphatic heterocycles. The van der Waals surface area contributed by atoms with Crippen molar-refractivity contribution in [3.8, 4) is 0 Å². The van der Waals surface area contributed by atoms with Gasteiger partial charge in [-0.05, 0) is 55.5 Å². The lowest BCUT2D eigenvalue weighted by Gasteiger charge is -2.06. The molecule has 0 spiro atoms. The van der Waals surface area contributed by atoms with E-state index in [0.717, 1.165) is 35.3 Å². The molecule has 4 nitrogen and oxygen atoms in total. The molecule has 2 aromatic rings. The van der Waals surface area contributed by atoms with Gasteiger partial charge >= 0.3 is 5.97 Å². The Kier molecular flexibility index (Phi) is 6.01. The summed E-state index contributed by atoms with van der Waals surface area (Å²) in [5.41, 5.74) is 2.27. The van der Waals surface area contributed by atoms with Crippen LogP contribution in [0.15, 0.2) is 24.3 Å². The minimum Gasteiger partial charge on any atom is -0.462 e. The van der Waals surface area contributed by atoms with Crippen LogP contribution >= 0.6 is 34.5 Å². The maximum Gasteiger partial charge on any atom is 0.341 e. The molecule has 136 valence electrons. The van der Waals surface area contributed by atoms with E-state index in [0.29, 0.717) is 27.2 Å². The zero-order chi connectivity index (χ0) is 18.7. The first-order valence-electron chi connectivity index (χ1n) is 8.25. The Hall–Kier alpha value is -1.82. The minimum atomic E-state index is -0.379. The first-order chi connectivity index (χ1) is 12.5. The maximum absolute atomic E-state index is 12.3. The van der Waals surface area contributed by atoms with E-state index in [-0.39, 0.29) is 11.9 Å². The van der Waals surface area contributed by atoms with Crippen molar-refractivity contribution in [3.05, 3.63) is 55.9 Å². The van der Waals surface area contributed by atoms with Crippen LogP contribution in [0.2, 0.25) is 10.0 Å². The number of rotatable bonds is 5. The molecule has 0 fully saturated rings. The number of carbonyl (C=O) groups is 2. The van der Waals surface area contributed by atoms with E-state index in [1.165, 1.54) is 17.4 Å². The molecule has 0 bridgehead atoms. The number of ether oxygens (including phenoxy) is 1. The molecule has 1 aromatic carbocycles. The van der Waals surface area contributed by atoms with Crippen LogP contribution in [0.5, 0.6) is 0 Å². The van der Waals surface area contributed by atoms with Gasteiger partial charge in [-0.15, -0.1) is 11.3 Å². The third-order valence-corrected chi connectivity index (χ3v) is 5.95. The van der Waals surface area contributed by atoms with Crippen molar-refractivity contribution in [2.24, 2.45) is 0 Å². The molecule has 1 aliphatic carbocycles. The number of hydrogen-bond acceptors (Lipinski definition) is 4. The second kappa shape index (κ2) is 8.25. The number of amides is 1. The smallest absolute Gasteiger partial charge is 0.341 e. The number of anilines is 1.